The van der Waals surface area contributed by atoms with Gasteiger partial charge in [0.1, 0.15) is 6.04 Å². The third kappa shape index (κ3) is 5.71. The predicted molar refractivity (Wildman–Crippen MR) is 130 cm³/mol. The van der Waals surface area contributed by atoms with Crippen molar-refractivity contribution in [2.45, 2.75) is 65.6 Å². The molecule has 3 rings (SSSR count). The molecule has 0 saturated carbocycles. The lowest BCUT2D eigenvalue weighted by atomic mass is 10.1. The number of aryl methyl sites for hydroxylation is 1. The average Bonchev–Trinajstić information content (AvgIpc) is 3.02. The first-order chi connectivity index (χ1) is 16.0. The molecule has 1 N–H and O–H groups in total. The molecule has 0 bridgehead atoms. The normalized spacial score (nSPS) is 14.1. The smallest absolute Gasteiger partial charge is 0.261 e. The Bertz CT molecular complexity index is 1070. The van der Waals surface area contributed by atoms with Crippen LogP contribution in [0.2, 0.25) is 0 Å². The van der Waals surface area contributed by atoms with Gasteiger partial charge in [0.25, 0.3) is 11.8 Å². The molecule has 0 aliphatic carbocycles. The van der Waals surface area contributed by atoms with E-state index < -0.39 is 11.6 Å². The zero-order valence-electron chi connectivity index (χ0n) is 20.6. The van der Waals surface area contributed by atoms with Crippen LogP contribution >= 0.6 is 0 Å². The largest absolute Gasteiger partial charge is 0.350 e. The number of carbonyl (C=O) groups is 4. The molecule has 0 radical (unpaired) electrons. The van der Waals surface area contributed by atoms with Gasteiger partial charge in [0.15, 0.2) is 0 Å². The summed E-state index contributed by atoms with van der Waals surface area (Å²) in [6.45, 7) is 9.84. The molecule has 7 nitrogen and oxygen atoms in total. The van der Waals surface area contributed by atoms with E-state index in [0.717, 1.165) is 11.1 Å². The quantitative estimate of drug-likeness (QED) is 0.605. The van der Waals surface area contributed by atoms with Crippen molar-refractivity contribution in [3.63, 3.8) is 0 Å². The van der Waals surface area contributed by atoms with E-state index >= 15 is 0 Å². The molecule has 1 unspecified atom stereocenters. The molecule has 4 amide bonds. The number of fused-ring (bicyclic) bond motifs is 1. The molecule has 2 aromatic carbocycles. The second kappa shape index (κ2) is 10.2. The van der Waals surface area contributed by atoms with Crippen molar-refractivity contribution in [1.82, 2.24) is 15.1 Å². The Kier molecular flexibility index (Phi) is 7.54. The average molecular weight is 464 g/mol. The van der Waals surface area contributed by atoms with Gasteiger partial charge in [0, 0.05) is 25.0 Å². The van der Waals surface area contributed by atoms with Crippen molar-refractivity contribution in [1.29, 1.82) is 0 Å². The number of benzene rings is 2. The van der Waals surface area contributed by atoms with Gasteiger partial charge >= 0.3 is 0 Å². The second-order valence-electron chi connectivity index (χ2n) is 9.77. The molecule has 1 aliphatic heterocycles. The number of rotatable bonds is 8. The Labute approximate surface area is 201 Å². The fourth-order valence-electron chi connectivity index (χ4n) is 4.00. The van der Waals surface area contributed by atoms with Crippen molar-refractivity contribution in [2.75, 3.05) is 6.54 Å². The van der Waals surface area contributed by atoms with Gasteiger partial charge in [-0.2, -0.15) is 0 Å². The zero-order valence-corrected chi connectivity index (χ0v) is 20.6. The summed E-state index contributed by atoms with van der Waals surface area (Å²) in [5.41, 5.74) is 2.37. The molecule has 2 aromatic rings. The van der Waals surface area contributed by atoms with Crippen molar-refractivity contribution >= 4 is 23.6 Å². The molecule has 7 heteroatoms. The highest BCUT2D eigenvalue weighted by Gasteiger charge is 2.35. The molecule has 0 spiro atoms. The van der Waals surface area contributed by atoms with Crippen LogP contribution in [0.25, 0.3) is 0 Å². The van der Waals surface area contributed by atoms with Gasteiger partial charge in [-0.15, -0.1) is 0 Å². The monoisotopic (exact) mass is 463 g/mol. The molecule has 0 saturated heterocycles. The van der Waals surface area contributed by atoms with E-state index in [-0.39, 0.29) is 36.6 Å². The summed E-state index contributed by atoms with van der Waals surface area (Å²) in [7, 11) is 0. The van der Waals surface area contributed by atoms with E-state index in [9.17, 15) is 19.2 Å². The summed E-state index contributed by atoms with van der Waals surface area (Å²) in [5.74, 6) is -1.09. The van der Waals surface area contributed by atoms with E-state index in [1.165, 1.54) is 4.90 Å². The number of hydrogen-bond acceptors (Lipinski definition) is 4. The number of hydrogen-bond donors (Lipinski definition) is 1. The standard InChI is InChI=1S/C27H33N3O4/c1-18-11-6-7-12-20(18)17-30(19(2)24(32)28-27(3,4)5)23(31)15-10-16-29-25(33)21-13-8-9-14-22(21)26(29)34/h6-9,11-14,19H,10,15-17H2,1-5H3,(H,28,32). The maximum absolute atomic E-state index is 13.3. The van der Waals surface area contributed by atoms with Crippen LogP contribution in [0.15, 0.2) is 48.5 Å². The van der Waals surface area contributed by atoms with Gasteiger partial charge in [-0.3, -0.25) is 24.1 Å². The third-order valence-corrected chi connectivity index (χ3v) is 5.92. The molecular weight excluding hydrogens is 430 g/mol. The van der Waals surface area contributed by atoms with Crippen LogP contribution in [0.4, 0.5) is 0 Å². The van der Waals surface area contributed by atoms with Crippen molar-refractivity contribution in [3.8, 4) is 0 Å². The zero-order chi connectivity index (χ0) is 25.0. The van der Waals surface area contributed by atoms with Crippen LogP contribution in [0, 0.1) is 6.92 Å². The van der Waals surface area contributed by atoms with Gasteiger partial charge < -0.3 is 10.2 Å². The van der Waals surface area contributed by atoms with E-state index in [0.29, 0.717) is 24.1 Å². The van der Waals surface area contributed by atoms with Crippen LogP contribution < -0.4 is 5.32 Å². The lowest BCUT2D eigenvalue weighted by Gasteiger charge is -2.32. The van der Waals surface area contributed by atoms with Gasteiger partial charge in [0.05, 0.1) is 11.1 Å². The Morgan fingerprint density at radius 1 is 0.971 bits per heavy atom. The summed E-state index contributed by atoms with van der Waals surface area (Å²) in [6.07, 6.45) is 0.439. The highest BCUT2D eigenvalue weighted by molar-refractivity contribution is 6.21. The summed E-state index contributed by atoms with van der Waals surface area (Å²) >= 11 is 0. The first-order valence-corrected chi connectivity index (χ1v) is 11.6. The fourth-order valence-corrected chi connectivity index (χ4v) is 4.00. The summed E-state index contributed by atoms with van der Waals surface area (Å²) in [5, 5.41) is 2.95. The minimum absolute atomic E-state index is 0.117. The highest BCUT2D eigenvalue weighted by atomic mass is 16.2. The Morgan fingerprint density at radius 3 is 2.09 bits per heavy atom. The van der Waals surface area contributed by atoms with Crippen LogP contribution in [-0.2, 0) is 16.1 Å². The number of nitrogens with one attached hydrogen (secondary N) is 1. The number of imide groups is 1. The second-order valence-corrected chi connectivity index (χ2v) is 9.77. The Balaban J connectivity index is 1.70. The molecule has 1 aliphatic rings. The topological polar surface area (TPSA) is 86.8 Å². The minimum Gasteiger partial charge on any atom is -0.350 e. The van der Waals surface area contributed by atoms with Gasteiger partial charge in [0.2, 0.25) is 11.8 Å². The number of nitrogens with zero attached hydrogens (tertiary/aromatic N) is 2. The maximum Gasteiger partial charge on any atom is 0.261 e. The Morgan fingerprint density at radius 2 is 1.53 bits per heavy atom. The molecule has 34 heavy (non-hydrogen) atoms. The van der Waals surface area contributed by atoms with Gasteiger partial charge in [-0.25, -0.2) is 0 Å². The number of carbonyl (C=O) groups excluding carboxylic acids is 4. The van der Waals surface area contributed by atoms with Crippen LogP contribution in [0.5, 0.6) is 0 Å². The molecule has 1 atom stereocenters. The van der Waals surface area contributed by atoms with Crippen molar-refractivity contribution in [2.24, 2.45) is 0 Å². The fraction of sp³-hybridized carbons (Fsp3) is 0.407. The summed E-state index contributed by atoms with van der Waals surface area (Å²) in [4.78, 5) is 54.1. The van der Waals surface area contributed by atoms with Gasteiger partial charge in [-0.1, -0.05) is 36.4 Å². The van der Waals surface area contributed by atoms with Gasteiger partial charge in [-0.05, 0) is 64.3 Å². The van der Waals surface area contributed by atoms with Crippen molar-refractivity contribution in [3.05, 3.63) is 70.8 Å². The first-order valence-electron chi connectivity index (χ1n) is 11.6. The highest BCUT2D eigenvalue weighted by Crippen LogP contribution is 2.23. The molecule has 0 fully saturated rings. The van der Waals surface area contributed by atoms with Crippen LogP contribution in [0.3, 0.4) is 0 Å². The number of amides is 4. The summed E-state index contributed by atoms with van der Waals surface area (Å²) < 4.78 is 0. The van der Waals surface area contributed by atoms with Crippen LogP contribution in [-0.4, -0.2) is 51.6 Å². The first kappa shape index (κ1) is 25.1. The van der Waals surface area contributed by atoms with E-state index in [1.807, 2.05) is 52.0 Å². The van der Waals surface area contributed by atoms with Crippen LogP contribution in [0.1, 0.15) is 72.4 Å². The molecule has 1 heterocycles. The third-order valence-electron chi connectivity index (χ3n) is 5.92. The molecular formula is C27H33N3O4. The molecule has 0 aromatic heterocycles. The lowest BCUT2D eigenvalue weighted by Crippen LogP contribution is -2.52. The minimum atomic E-state index is -0.675. The SMILES string of the molecule is Cc1ccccc1CN(C(=O)CCCN1C(=O)c2ccccc2C1=O)C(C)C(=O)NC(C)(C)C. The Hall–Kier alpha value is -3.48. The van der Waals surface area contributed by atoms with E-state index in [2.05, 4.69) is 5.32 Å². The predicted octanol–water partition coefficient (Wildman–Crippen LogP) is 3.70. The maximum atomic E-state index is 13.3. The molecule has 180 valence electrons. The lowest BCUT2D eigenvalue weighted by molar-refractivity contribution is -0.141. The van der Waals surface area contributed by atoms with Crippen molar-refractivity contribution < 1.29 is 19.2 Å². The van der Waals surface area contributed by atoms with E-state index in [1.54, 1.807) is 36.1 Å². The summed E-state index contributed by atoms with van der Waals surface area (Å²) in [6, 6.07) is 13.8. The van der Waals surface area contributed by atoms with E-state index in [4.69, 9.17) is 0 Å².